The van der Waals surface area contributed by atoms with Gasteiger partial charge in [-0.2, -0.15) is 0 Å². The molecule has 1 saturated carbocycles. The maximum atomic E-state index is 12.6. The largest absolute Gasteiger partial charge is 0.455 e. The normalized spacial score (nSPS) is 26.3. The summed E-state index contributed by atoms with van der Waals surface area (Å²) in [6, 6.07) is 6.11. The van der Waals surface area contributed by atoms with Crippen molar-refractivity contribution in [3.05, 3.63) is 29.3 Å². The topological polar surface area (TPSA) is 75.7 Å². The Morgan fingerprint density at radius 2 is 1.97 bits per heavy atom. The fraction of sp³-hybridized carbons (Fsp3) is 0.640. The summed E-state index contributed by atoms with van der Waals surface area (Å²) in [5.41, 5.74) is 2.80. The summed E-state index contributed by atoms with van der Waals surface area (Å²) in [5.74, 6) is -0.0100. The van der Waals surface area contributed by atoms with Gasteiger partial charge in [-0.3, -0.25) is 14.4 Å². The predicted octanol–water partition coefficient (Wildman–Crippen LogP) is 4.27. The van der Waals surface area contributed by atoms with E-state index in [0.717, 1.165) is 29.7 Å². The molecule has 1 aromatic carbocycles. The number of esters is 1. The molecule has 0 bridgehead atoms. The van der Waals surface area contributed by atoms with E-state index in [1.165, 1.54) is 6.42 Å². The van der Waals surface area contributed by atoms with Gasteiger partial charge in [-0.15, -0.1) is 0 Å². The summed E-state index contributed by atoms with van der Waals surface area (Å²) in [7, 11) is 0. The average Bonchev–Trinajstić information content (AvgIpc) is 3.11. The van der Waals surface area contributed by atoms with E-state index in [-0.39, 0.29) is 36.8 Å². The van der Waals surface area contributed by atoms with Crippen molar-refractivity contribution in [2.45, 2.75) is 72.3 Å². The third-order valence-corrected chi connectivity index (χ3v) is 7.09. The lowest BCUT2D eigenvalue weighted by Crippen LogP contribution is -2.45. The lowest BCUT2D eigenvalue weighted by Gasteiger charge is -2.39. The first kappa shape index (κ1) is 23.3. The number of ether oxygens (including phenoxy) is 1. The lowest BCUT2D eigenvalue weighted by molar-refractivity contribution is -0.151. The van der Waals surface area contributed by atoms with Gasteiger partial charge in [0, 0.05) is 24.7 Å². The van der Waals surface area contributed by atoms with Gasteiger partial charge in [0.25, 0.3) is 5.91 Å². The molecule has 6 heteroatoms. The number of amides is 2. The molecule has 2 amide bonds. The van der Waals surface area contributed by atoms with Crippen molar-refractivity contribution in [3.63, 3.8) is 0 Å². The number of para-hydroxylation sites is 1. The van der Waals surface area contributed by atoms with E-state index < -0.39 is 11.9 Å². The van der Waals surface area contributed by atoms with Gasteiger partial charge in [0.2, 0.25) is 5.91 Å². The first-order valence-electron chi connectivity index (χ1n) is 11.5. The molecule has 0 spiro atoms. The summed E-state index contributed by atoms with van der Waals surface area (Å²) < 4.78 is 5.30. The van der Waals surface area contributed by atoms with Gasteiger partial charge in [0.1, 0.15) is 0 Å². The molecule has 2 aliphatic rings. The molecular formula is C25H36N2O4. The lowest BCUT2D eigenvalue weighted by atomic mass is 9.77. The molecule has 1 saturated heterocycles. The highest BCUT2D eigenvalue weighted by Crippen LogP contribution is 2.36. The van der Waals surface area contributed by atoms with Crippen LogP contribution in [0, 0.1) is 24.7 Å². The third kappa shape index (κ3) is 5.28. The van der Waals surface area contributed by atoms with E-state index in [4.69, 9.17) is 4.74 Å². The quantitative estimate of drug-likeness (QED) is 0.687. The van der Waals surface area contributed by atoms with Crippen LogP contribution in [0.1, 0.15) is 70.4 Å². The molecule has 0 radical (unpaired) electrons. The Hall–Kier alpha value is -2.37. The third-order valence-electron chi connectivity index (χ3n) is 7.09. The highest BCUT2D eigenvalue weighted by molar-refractivity contribution is 5.95. The second-order valence-electron chi connectivity index (χ2n) is 9.63. The maximum absolute atomic E-state index is 12.6. The molecule has 1 aromatic rings. The van der Waals surface area contributed by atoms with Gasteiger partial charge in [-0.1, -0.05) is 58.7 Å². The smallest absolute Gasteiger partial charge is 0.311 e. The fourth-order valence-corrected chi connectivity index (χ4v) is 4.98. The van der Waals surface area contributed by atoms with Gasteiger partial charge in [0.15, 0.2) is 6.61 Å². The first-order chi connectivity index (χ1) is 14.7. The van der Waals surface area contributed by atoms with Crippen LogP contribution < -0.4 is 5.32 Å². The minimum atomic E-state index is -0.491. The van der Waals surface area contributed by atoms with Crippen molar-refractivity contribution in [2.24, 2.45) is 17.8 Å². The van der Waals surface area contributed by atoms with Crippen LogP contribution >= 0.6 is 0 Å². The van der Waals surface area contributed by atoms with Crippen molar-refractivity contribution < 1.29 is 19.1 Å². The van der Waals surface area contributed by atoms with Gasteiger partial charge < -0.3 is 15.0 Å². The second kappa shape index (κ2) is 9.84. The number of carbonyl (C=O) groups excluding carboxylic acids is 3. The Morgan fingerprint density at radius 1 is 1.23 bits per heavy atom. The zero-order valence-electron chi connectivity index (χ0n) is 19.4. The summed E-state index contributed by atoms with van der Waals surface area (Å²) in [6.45, 7) is 10.6. The molecule has 0 unspecified atom stereocenters. The SMILES string of the molecule is Cc1cccc(C(C)C)c1NC(=O)COC(=O)[C@@H]1CC(=O)N([C@@H]2CCC[C@H](C)[C@@H]2C)C1. The number of benzene rings is 1. The van der Waals surface area contributed by atoms with Crippen LogP contribution in [-0.4, -0.2) is 41.9 Å². The molecule has 1 heterocycles. The Balaban J connectivity index is 1.55. The number of aryl methyl sites for hydroxylation is 1. The standard InChI is InChI=1S/C25H36N2O4/c1-15(2)20-10-6-9-17(4)24(20)26-22(28)14-31-25(30)19-12-23(29)27(13-19)21-11-7-8-16(3)18(21)5/h6,9-10,15-16,18-19,21H,7-8,11-14H2,1-5H3,(H,26,28)/t16-,18-,19+,21+/m0/s1. The average molecular weight is 429 g/mol. The van der Waals surface area contributed by atoms with Crippen molar-refractivity contribution in [1.29, 1.82) is 0 Å². The van der Waals surface area contributed by atoms with Crippen LogP contribution in [0.15, 0.2) is 18.2 Å². The fourth-order valence-electron chi connectivity index (χ4n) is 4.98. The van der Waals surface area contributed by atoms with E-state index in [2.05, 4.69) is 33.0 Å². The highest BCUT2D eigenvalue weighted by Gasteiger charge is 2.42. The van der Waals surface area contributed by atoms with E-state index in [1.807, 2.05) is 30.0 Å². The molecule has 1 N–H and O–H groups in total. The van der Waals surface area contributed by atoms with Crippen LogP contribution in [0.3, 0.4) is 0 Å². The zero-order valence-corrected chi connectivity index (χ0v) is 19.4. The Morgan fingerprint density at radius 3 is 2.68 bits per heavy atom. The van der Waals surface area contributed by atoms with Crippen molar-refractivity contribution in [1.82, 2.24) is 4.90 Å². The molecule has 31 heavy (non-hydrogen) atoms. The number of hydrogen-bond acceptors (Lipinski definition) is 4. The summed E-state index contributed by atoms with van der Waals surface area (Å²) in [5, 5.41) is 2.89. The predicted molar refractivity (Wildman–Crippen MR) is 121 cm³/mol. The molecule has 1 aliphatic heterocycles. The number of rotatable bonds is 6. The molecule has 2 fully saturated rings. The van der Waals surface area contributed by atoms with Crippen molar-refractivity contribution in [2.75, 3.05) is 18.5 Å². The number of carbonyl (C=O) groups is 3. The number of nitrogens with zero attached hydrogens (tertiary/aromatic N) is 1. The van der Waals surface area contributed by atoms with Gasteiger partial charge >= 0.3 is 5.97 Å². The van der Waals surface area contributed by atoms with E-state index in [0.29, 0.717) is 18.4 Å². The van der Waals surface area contributed by atoms with Crippen LogP contribution in [-0.2, 0) is 19.1 Å². The number of hydrogen-bond donors (Lipinski definition) is 1. The number of anilines is 1. The van der Waals surface area contributed by atoms with E-state index in [9.17, 15) is 14.4 Å². The molecule has 170 valence electrons. The van der Waals surface area contributed by atoms with Crippen LogP contribution in [0.4, 0.5) is 5.69 Å². The Bertz CT molecular complexity index is 835. The van der Waals surface area contributed by atoms with Gasteiger partial charge in [-0.05, 0) is 42.2 Å². The second-order valence-corrected chi connectivity index (χ2v) is 9.63. The number of nitrogens with one attached hydrogen (secondary N) is 1. The van der Waals surface area contributed by atoms with Gasteiger partial charge in [0.05, 0.1) is 5.92 Å². The molecule has 6 nitrogen and oxygen atoms in total. The monoisotopic (exact) mass is 428 g/mol. The first-order valence-corrected chi connectivity index (χ1v) is 11.5. The Kier molecular flexibility index (Phi) is 7.39. The van der Waals surface area contributed by atoms with Crippen LogP contribution in [0.25, 0.3) is 0 Å². The van der Waals surface area contributed by atoms with E-state index >= 15 is 0 Å². The molecule has 4 atom stereocenters. The van der Waals surface area contributed by atoms with Crippen molar-refractivity contribution in [3.8, 4) is 0 Å². The minimum absolute atomic E-state index is 0.0267. The molecule has 0 aromatic heterocycles. The van der Waals surface area contributed by atoms with Gasteiger partial charge in [-0.25, -0.2) is 0 Å². The molecule has 3 rings (SSSR count). The van der Waals surface area contributed by atoms with E-state index in [1.54, 1.807) is 0 Å². The highest BCUT2D eigenvalue weighted by atomic mass is 16.5. The molecular weight excluding hydrogens is 392 g/mol. The van der Waals surface area contributed by atoms with Crippen LogP contribution in [0.2, 0.25) is 0 Å². The summed E-state index contributed by atoms with van der Waals surface area (Å²) in [6.07, 6.45) is 3.48. The summed E-state index contributed by atoms with van der Waals surface area (Å²) in [4.78, 5) is 39.5. The summed E-state index contributed by atoms with van der Waals surface area (Å²) >= 11 is 0. The van der Waals surface area contributed by atoms with Crippen molar-refractivity contribution >= 4 is 23.5 Å². The number of likely N-dealkylation sites (tertiary alicyclic amines) is 1. The maximum Gasteiger partial charge on any atom is 0.311 e. The minimum Gasteiger partial charge on any atom is -0.455 e. The zero-order chi connectivity index (χ0) is 22.7. The Labute approximate surface area is 185 Å². The molecule has 1 aliphatic carbocycles. The van der Waals surface area contributed by atoms with Crippen LogP contribution in [0.5, 0.6) is 0 Å².